The molecule has 0 bridgehead atoms. The van der Waals surface area contributed by atoms with Crippen LogP contribution in [0.3, 0.4) is 0 Å². The van der Waals surface area contributed by atoms with Gasteiger partial charge in [-0.1, -0.05) is 0 Å². The fraction of sp³-hybridized carbons (Fsp3) is 0.571. The minimum Gasteiger partial charge on any atom is -0.478 e. The van der Waals surface area contributed by atoms with Crippen molar-refractivity contribution < 1.29 is 9.90 Å². The predicted octanol–water partition coefficient (Wildman–Crippen LogP) is 1.34. The third kappa shape index (κ3) is 3.23. The first-order chi connectivity index (χ1) is 8.97. The van der Waals surface area contributed by atoms with Crippen LogP contribution in [-0.4, -0.2) is 55.2 Å². The molecule has 1 aromatic heterocycles. The van der Waals surface area contributed by atoms with Gasteiger partial charge >= 0.3 is 5.97 Å². The summed E-state index contributed by atoms with van der Waals surface area (Å²) in [6, 6.07) is 1.71. The lowest BCUT2D eigenvalue weighted by molar-refractivity contribution is 0.0695. The van der Waals surface area contributed by atoms with Gasteiger partial charge in [0.25, 0.3) is 0 Å². The first-order valence-electron chi connectivity index (χ1n) is 6.55. The smallest absolute Gasteiger partial charge is 0.337 e. The van der Waals surface area contributed by atoms with Gasteiger partial charge in [0, 0.05) is 20.6 Å². The molecule has 0 spiro atoms. The molecule has 5 heteroatoms. The number of hydrogen-bond donors (Lipinski definition) is 1. The van der Waals surface area contributed by atoms with Crippen molar-refractivity contribution in [2.24, 2.45) is 5.92 Å². The Morgan fingerprint density at radius 2 is 2.32 bits per heavy atom. The van der Waals surface area contributed by atoms with Crippen LogP contribution in [0.25, 0.3) is 0 Å². The van der Waals surface area contributed by atoms with Gasteiger partial charge in [0.05, 0.1) is 23.1 Å². The lowest BCUT2D eigenvalue weighted by Crippen LogP contribution is -2.17. The third-order valence-electron chi connectivity index (χ3n) is 3.67. The fourth-order valence-electron chi connectivity index (χ4n) is 2.54. The number of aromatic carboxylic acids is 1. The van der Waals surface area contributed by atoms with E-state index >= 15 is 0 Å². The number of pyridine rings is 1. The number of carbonyl (C=O) groups is 1. The number of likely N-dealkylation sites (tertiary alicyclic amines) is 1. The molecule has 0 aromatic carbocycles. The summed E-state index contributed by atoms with van der Waals surface area (Å²) in [5.74, 6) is -0.377. The summed E-state index contributed by atoms with van der Waals surface area (Å²) in [6.07, 6.45) is 3.62. The molecule has 1 fully saturated rings. The van der Waals surface area contributed by atoms with Crippen LogP contribution in [0.5, 0.6) is 0 Å². The number of anilines is 1. The summed E-state index contributed by atoms with van der Waals surface area (Å²) >= 11 is 0. The van der Waals surface area contributed by atoms with Crippen LogP contribution in [0.1, 0.15) is 22.5 Å². The van der Waals surface area contributed by atoms with Gasteiger partial charge in [-0.15, -0.1) is 0 Å². The average molecular weight is 263 g/mol. The van der Waals surface area contributed by atoms with Gasteiger partial charge in [-0.25, -0.2) is 4.79 Å². The number of carboxylic acid groups (broad SMARTS) is 1. The average Bonchev–Trinajstić information content (AvgIpc) is 2.74. The second-order valence-electron chi connectivity index (χ2n) is 5.51. The predicted molar refractivity (Wildman–Crippen MR) is 74.8 cm³/mol. The van der Waals surface area contributed by atoms with Gasteiger partial charge < -0.3 is 14.9 Å². The van der Waals surface area contributed by atoms with Crippen LogP contribution < -0.4 is 4.90 Å². The maximum Gasteiger partial charge on any atom is 0.337 e. The molecule has 1 unspecified atom stereocenters. The van der Waals surface area contributed by atoms with E-state index < -0.39 is 5.97 Å². The molecule has 104 valence electrons. The number of carboxylic acids is 1. The van der Waals surface area contributed by atoms with Gasteiger partial charge in [-0.2, -0.15) is 0 Å². The minimum absolute atomic E-state index is 0.334. The molecule has 1 aliphatic rings. The van der Waals surface area contributed by atoms with E-state index in [-0.39, 0.29) is 0 Å². The van der Waals surface area contributed by atoms with Gasteiger partial charge in [0.15, 0.2) is 0 Å². The maximum atomic E-state index is 11.4. The van der Waals surface area contributed by atoms with Crippen molar-refractivity contribution in [2.45, 2.75) is 12.8 Å². The molecule has 2 rings (SSSR count). The van der Waals surface area contributed by atoms with E-state index in [4.69, 9.17) is 0 Å². The van der Waals surface area contributed by atoms with E-state index in [1.165, 1.54) is 0 Å². The quantitative estimate of drug-likeness (QED) is 0.888. The molecular formula is C14H21N3O2. The van der Waals surface area contributed by atoms with E-state index in [2.05, 4.69) is 16.9 Å². The summed E-state index contributed by atoms with van der Waals surface area (Å²) < 4.78 is 0. The molecule has 1 saturated heterocycles. The monoisotopic (exact) mass is 263 g/mol. The topological polar surface area (TPSA) is 56.7 Å². The van der Waals surface area contributed by atoms with E-state index in [1.54, 1.807) is 12.3 Å². The van der Waals surface area contributed by atoms with Crippen molar-refractivity contribution in [3.05, 3.63) is 23.5 Å². The molecule has 2 heterocycles. The molecule has 5 nitrogen and oxygen atoms in total. The summed E-state index contributed by atoms with van der Waals surface area (Å²) in [5, 5.41) is 9.33. The highest BCUT2D eigenvalue weighted by Gasteiger charge is 2.23. The molecule has 0 saturated carbocycles. The maximum absolute atomic E-state index is 11.4. The Balaban J connectivity index is 2.22. The summed E-state index contributed by atoms with van der Waals surface area (Å²) in [6.45, 7) is 2.11. The first kappa shape index (κ1) is 13.8. The van der Waals surface area contributed by atoms with Crippen LogP contribution >= 0.6 is 0 Å². The van der Waals surface area contributed by atoms with Crippen LogP contribution in [0, 0.1) is 5.92 Å². The molecule has 1 aromatic rings. The molecular weight excluding hydrogens is 242 g/mol. The van der Waals surface area contributed by atoms with E-state index in [0.717, 1.165) is 31.6 Å². The summed E-state index contributed by atoms with van der Waals surface area (Å²) in [7, 11) is 5.86. The molecule has 0 amide bonds. The number of rotatable bonds is 4. The van der Waals surface area contributed by atoms with Crippen LogP contribution in [-0.2, 0) is 6.42 Å². The van der Waals surface area contributed by atoms with Crippen molar-refractivity contribution in [1.29, 1.82) is 0 Å². The largest absolute Gasteiger partial charge is 0.478 e. The van der Waals surface area contributed by atoms with Crippen LogP contribution in [0.2, 0.25) is 0 Å². The SMILES string of the molecule is CN1CCC(Cc2ncc(N(C)C)cc2C(=O)O)C1. The highest BCUT2D eigenvalue weighted by atomic mass is 16.4. The van der Waals surface area contributed by atoms with Gasteiger partial charge in [-0.05, 0) is 38.4 Å². The molecule has 1 aliphatic heterocycles. The van der Waals surface area contributed by atoms with E-state index in [0.29, 0.717) is 17.2 Å². The zero-order chi connectivity index (χ0) is 14.0. The Labute approximate surface area is 113 Å². The Bertz CT molecular complexity index is 474. The molecule has 1 N–H and O–H groups in total. The van der Waals surface area contributed by atoms with Gasteiger partial charge in [-0.3, -0.25) is 4.98 Å². The highest BCUT2D eigenvalue weighted by Crippen LogP contribution is 2.22. The Morgan fingerprint density at radius 3 is 2.84 bits per heavy atom. The lowest BCUT2D eigenvalue weighted by Gasteiger charge is -2.16. The number of aromatic nitrogens is 1. The highest BCUT2D eigenvalue weighted by molar-refractivity contribution is 5.90. The van der Waals surface area contributed by atoms with Crippen molar-refractivity contribution in [2.75, 3.05) is 39.1 Å². The second kappa shape index (κ2) is 5.57. The number of hydrogen-bond acceptors (Lipinski definition) is 4. The van der Waals surface area contributed by atoms with Gasteiger partial charge in [0.1, 0.15) is 0 Å². The minimum atomic E-state index is -0.891. The van der Waals surface area contributed by atoms with E-state index in [9.17, 15) is 9.90 Å². The van der Waals surface area contributed by atoms with Crippen LogP contribution in [0.4, 0.5) is 5.69 Å². The van der Waals surface area contributed by atoms with Crippen molar-refractivity contribution in [3.8, 4) is 0 Å². The Hall–Kier alpha value is -1.62. The molecule has 0 radical (unpaired) electrons. The van der Waals surface area contributed by atoms with Crippen molar-refractivity contribution >= 4 is 11.7 Å². The molecule has 1 atom stereocenters. The summed E-state index contributed by atoms with van der Waals surface area (Å²) in [5.41, 5.74) is 1.86. The summed E-state index contributed by atoms with van der Waals surface area (Å²) in [4.78, 5) is 19.9. The first-order valence-corrected chi connectivity index (χ1v) is 6.55. The zero-order valence-corrected chi connectivity index (χ0v) is 11.8. The standard InChI is InChI=1S/C14H21N3O2/c1-16(2)11-7-12(14(18)19)13(15-8-11)6-10-4-5-17(3)9-10/h7-8,10H,4-6,9H2,1-3H3,(H,18,19). The van der Waals surface area contributed by atoms with Crippen molar-refractivity contribution in [3.63, 3.8) is 0 Å². The fourth-order valence-corrected chi connectivity index (χ4v) is 2.54. The molecule has 19 heavy (non-hydrogen) atoms. The van der Waals surface area contributed by atoms with Crippen molar-refractivity contribution in [1.82, 2.24) is 9.88 Å². The number of nitrogens with zero attached hydrogens (tertiary/aromatic N) is 3. The van der Waals surface area contributed by atoms with E-state index in [1.807, 2.05) is 19.0 Å². The Morgan fingerprint density at radius 1 is 1.58 bits per heavy atom. The Kier molecular flexibility index (Phi) is 4.04. The molecule has 0 aliphatic carbocycles. The zero-order valence-electron chi connectivity index (χ0n) is 11.8. The third-order valence-corrected chi connectivity index (χ3v) is 3.67. The normalized spacial score (nSPS) is 19.6. The van der Waals surface area contributed by atoms with Crippen LogP contribution in [0.15, 0.2) is 12.3 Å². The van der Waals surface area contributed by atoms with Gasteiger partial charge in [0.2, 0.25) is 0 Å². The lowest BCUT2D eigenvalue weighted by atomic mass is 9.99. The second-order valence-corrected chi connectivity index (χ2v) is 5.51.